The summed E-state index contributed by atoms with van der Waals surface area (Å²) in [5.74, 6) is 0.208. The van der Waals surface area contributed by atoms with Gasteiger partial charge in [0, 0.05) is 27.4 Å². The van der Waals surface area contributed by atoms with E-state index in [0.717, 1.165) is 43.8 Å². The van der Waals surface area contributed by atoms with Crippen LogP contribution in [-0.2, 0) is 5.41 Å². The van der Waals surface area contributed by atoms with Crippen molar-refractivity contribution >= 4 is 33.0 Å². The van der Waals surface area contributed by atoms with Crippen molar-refractivity contribution in [3.8, 4) is 28.0 Å². The highest BCUT2D eigenvalue weighted by Gasteiger charge is 2.24. The monoisotopic (exact) mass is 547 g/mol. The number of benzene rings is 5. The molecule has 0 heterocycles. The van der Waals surface area contributed by atoms with Gasteiger partial charge in [-0.05, 0) is 46.4 Å². The molecule has 0 bridgehead atoms. The highest BCUT2D eigenvalue weighted by atomic mass is 79.9. The third-order valence-corrected chi connectivity index (χ3v) is 6.98. The standard InChI is InChI=1S/C34H30BrNO/c1-34(2,3)26-16-10-17-28(20-26)36(29-21-27(35)22-30(37)23-29)33-31(24-12-6-4-7-13-24)18-11-19-32(33)25-14-8-5-9-15-25/h4-23,37H,1-3H3. The lowest BCUT2D eigenvalue weighted by Crippen LogP contribution is -2.15. The van der Waals surface area contributed by atoms with E-state index in [1.165, 1.54) is 5.56 Å². The predicted molar refractivity (Wildman–Crippen MR) is 160 cm³/mol. The van der Waals surface area contributed by atoms with Crippen LogP contribution in [-0.4, -0.2) is 5.11 Å². The van der Waals surface area contributed by atoms with Crippen LogP contribution in [0.15, 0.2) is 126 Å². The summed E-state index contributed by atoms with van der Waals surface area (Å²) in [7, 11) is 0. The maximum absolute atomic E-state index is 10.6. The molecule has 1 N–H and O–H groups in total. The smallest absolute Gasteiger partial charge is 0.118 e. The van der Waals surface area contributed by atoms with Crippen LogP contribution in [0.1, 0.15) is 26.3 Å². The molecule has 0 aliphatic carbocycles. The Kier molecular flexibility index (Phi) is 6.90. The van der Waals surface area contributed by atoms with E-state index in [0.29, 0.717) is 0 Å². The van der Waals surface area contributed by atoms with Crippen LogP contribution in [0.3, 0.4) is 0 Å². The van der Waals surface area contributed by atoms with Gasteiger partial charge in [-0.1, -0.05) is 128 Å². The topological polar surface area (TPSA) is 23.5 Å². The third kappa shape index (κ3) is 5.33. The van der Waals surface area contributed by atoms with E-state index in [-0.39, 0.29) is 11.2 Å². The molecule has 3 heteroatoms. The number of para-hydroxylation sites is 1. The number of halogens is 1. The van der Waals surface area contributed by atoms with Crippen molar-refractivity contribution in [2.45, 2.75) is 26.2 Å². The van der Waals surface area contributed by atoms with E-state index in [4.69, 9.17) is 0 Å². The molecule has 5 aromatic carbocycles. The molecule has 2 nitrogen and oxygen atoms in total. The van der Waals surface area contributed by atoms with Gasteiger partial charge in [0.15, 0.2) is 0 Å². The lowest BCUT2D eigenvalue weighted by Gasteiger charge is -2.32. The molecule has 0 aliphatic heterocycles. The molecular weight excluding hydrogens is 518 g/mol. The third-order valence-electron chi connectivity index (χ3n) is 6.53. The van der Waals surface area contributed by atoms with Crippen LogP contribution >= 0.6 is 15.9 Å². The minimum Gasteiger partial charge on any atom is -0.508 e. The number of phenols is 1. The molecule has 5 rings (SSSR count). The van der Waals surface area contributed by atoms with Gasteiger partial charge in [0.2, 0.25) is 0 Å². The lowest BCUT2D eigenvalue weighted by molar-refractivity contribution is 0.475. The zero-order chi connectivity index (χ0) is 26.0. The first-order valence-electron chi connectivity index (χ1n) is 12.5. The second kappa shape index (κ2) is 10.3. The van der Waals surface area contributed by atoms with Crippen molar-refractivity contribution in [3.05, 3.63) is 131 Å². The van der Waals surface area contributed by atoms with Crippen molar-refractivity contribution in [2.75, 3.05) is 4.90 Å². The Balaban J connectivity index is 1.88. The zero-order valence-corrected chi connectivity index (χ0v) is 22.9. The Morgan fingerprint density at radius 2 is 1.16 bits per heavy atom. The van der Waals surface area contributed by atoms with E-state index in [9.17, 15) is 5.11 Å². The van der Waals surface area contributed by atoms with Crippen LogP contribution < -0.4 is 4.90 Å². The summed E-state index contributed by atoms with van der Waals surface area (Å²) in [5, 5.41) is 10.6. The van der Waals surface area contributed by atoms with Crippen LogP contribution in [0.5, 0.6) is 5.75 Å². The number of hydrogen-bond donors (Lipinski definition) is 1. The first-order valence-corrected chi connectivity index (χ1v) is 13.2. The van der Waals surface area contributed by atoms with E-state index in [1.807, 2.05) is 18.2 Å². The van der Waals surface area contributed by atoms with Gasteiger partial charge in [-0.15, -0.1) is 0 Å². The van der Waals surface area contributed by atoms with Crippen LogP contribution in [0, 0.1) is 0 Å². The fourth-order valence-corrected chi connectivity index (χ4v) is 5.16. The van der Waals surface area contributed by atoms with Gasteiger partial charge in [-0.25, -0.2) is 0 Å². The van der Waals surface area contributed by atoms with Gasteiger partial charge < -0.3 is 10.0 Å². The zero-order valence-electron chi connectivity index (χ0n) is 21.3. The van der Waals surface area contributed by atoms with Crippen LogP contribution in [0.4, 0.5) is 17.1 Å². The van der Waals surface area contributed by atoms with Gasteiger partial charge in [0.1, 0.15) is 5.75 Å². The average molecular weight is 549 g/mol. The minimum absolute atomic E-state index is 0.0116. The van der Waals surface area contributed by atoms with Crippen molar-refractivity contribution in [1.29, 1.82) is 0 Å². The quantitative estimate of drug-likeness (QED) is 0.236. The van der Waals surface area contributed by atoms with Crippen LogP contribution in [0.25, 0.3) is 22.3 Å². The highest BCUT2D eigenvalue weighted by Crippen LogP contribution is 2.48. The number of hydrogen-bond acceptors (Lipinski definition) is 2. The molecule has 0 atom stereocenters. The first-order chi connectivity index (χ1) is 17.8. The number of rotatable bonds is 5. The molecule has 0 unspecified atom stereocenters. The molecule has 0 amide bonds. The summed E-state index contributed by atoms with van der Waals surface area (Å²) < 4.78 is 0.818. The summed E-state index contributed by atoms with van der Waals surface area (Å²) in [5.41, 5.74) is 8.69. The second-order valence-electron chi connectivity index (χ2n) is 10.2. The summed E-state index contributed by atoms with van der Waals surface area (Å²) in [6.45, 7) is 6.69. The number of anilines is 3. The van der Waals surface area contributed by atoms with Crippen molar-refractivity contribution in [3.63, 3.8) is 0 Å². The summed E-state index contributed by atoms with van der Waals surface area (Å²) in [4.78, 5) is 2.27. The lowest BCUT2D eigenvalue weighted by atomic mass is 9.86. The normalized spacial score (nSPS) is 11.4. The molecule has 0 aromatic heterocycles. The summed E-state index contributed by atoms with van der Waals surface area (Å²) >= 11 is 3.61. The van der Waals surface area contributed by atoms with Crippen molar-refractivity contribution < 1.29 is 5.11 Å². The molecule has 184 valence electrons. The maximum atomic E-state index is 10.6. The van der Waals surface area contributed by atoms with Gasteiger partial charge in [0.05, 0.1) is 11.4 Å². The molecule has 0 fully saturated rings. The Morgan fingerprint density at radius 3 is 1.70 bits per heavy atom. The van der Waals surface area contributed by atoms with E-state index >= 15 is 0 Å². The first kappa shape index (κ1) is 24.9. The van der Waals surface area contributed by atoms with Gasteiger partial charge in [-0.2, -0.15) is 0 Å². The SMILES string of the molecule is CC(C)(C)c1cccc(N(c2cc(O)cc(Br)c2)c2c(-c3ccccc3)cccc2-c2ccccc2)c1. The molecule has 0 saturated carbocycles. The van der Waals surface area contributed by atoms with Crippen molar-refractivity contribution in [2.24, 2.45) is 0 Å². The Morgan fingerprint density at radius 1 is 0.595 bits per heavy atom. The second-order valence-corrected chi connectivity index (χ2v) is 11.2. The Bertz CT molecular complexity index is 1440. The highest BCUT2D eigenvalue weighted by molar-refractivity contribution is 9.10. The van der Waals surface area contributed by atoms with Gasteiger partial charge in [-0.3, -0.25) is 0 Å². The molecule has 0 radical (unpaired) electrons. The van der Waals surface area contributed by atoms with Gasteiger partial charge >= 0.3 is 0 Å². The summed E-state index contributed by atoms with van der Waals surface area (Å²) in [6, 6.07) is 41.7. The Hall–Kier alpha value is -3.82. The molecule has 0 aliphatic rings. The predicted octanol–water partition coefficient (Wildman–Crippen LogP) is 10.3. The Labute approximate surface area is 228 Å². The molecular formula is C34H30BrNO. The van der Waals surface area contributed by atoms with Crippen LogP contribution in [0.2, 0.25) is 0 Å². The largest absolute Gasteiger partial charge is 0.508 e. The minimum atomic E-state index is -0.0116. The number of nitrogens with zero attached hydrogens (tertiary/aromatic N) is 1. The average Bonchev–Trinajstić information content (AvgIpc) is 2.89. The van der Waals surface area contributed by atoms with Crippen molar-refractivity contribution in [1.82, 2.24) is 0 Å². The van der Waals surface area contributed by atoms with Gasteiger partial charge in [0.25, 0.3) is 0 Å². The number of phenolic OH excluding ortho intramolecular Hbond substituents is 1. The maximum Gasteiger partial charge on any atom is 0.118 e. The molecule has 0 spiro atoms. The number of aromatic hydroxyl groups is 1. The fraction of sp³-hybridized carbons (Fsp3) is 0.118. The van der Waals surface area contributed by atoms with E-state index < -0.39 is 0 Å². The molecule has 0 saturated heterocycles. The fourth-order valence-electron chi connectivity index (χ4n) is 4.69. The molecule has 37 heavy (non-hydrogen) atoms. The molecule has 5 aromatic rings. The van der Waals surface area contributed by atoms with E-state index in [2.05, 4.69) is 139 Å². The van der Waals surface area contributed by atoms with E-state index in [1.54, 1.807) is 6.07 Å². The summed E-state index contributed by atoms with van der Waals surface area (Å²) in [6.07, 6.45) is 0.